The minimum Gasteiger partial charge on any atom is -0.481 e. The highest BCUT2D eigenvalue weighted by Gasteiger charge is 2.15. The van der Waals surface area contributed by atoms with E-state index in [4.69, 9.17) is 5.11 Å². The van der Waals surface area contributed by atoms with Gasteiger partial charge in [0.2, 0.25) is 0 Å². The lowest BCUT2D eigenvalue weighted by molar-refractivity contribution is -0.137. The number of benzene rings is 1. The van der Waals surface area contributed by atoms with Crippen LogP contribution in [0.2, 0.25) is 0 Å². The summed E-state index contributed by atoms with van der Waals surface area (Å²) in [5.41, 5.74) is 4.97. The normalized spacial score (nSPS) is 14.4. The van der Waals surface area contributed by atoms with Gasteiger partial charge in [-0.05, 0) is 48.9 Å². The van der Waals surface area contributed by atoms with Crippen LogP contribution in [-0.2, 0) is 30.6 Å². The molecule has 0 atom stereocenters. The molecule has 0 fully saturated rings. The van der Waals surface area contributed by atoms with E-state index in [9.17, 15) is 4.79 Å². The molecule has 4 nitrogen and oxygen atoms in total. The molecule has 1 aromatic heterocycles. The largest absolute Gasteiger partial charge is 0.481 e. The van der Waals surface area contributed by atoms with Gasteiger partial charge in [0.25, 0.3) is 0 Å². The monoisotopic (exact) mass is 272 g/mol. The number of imidazole rings is 1. The zero-order valence-corrected chi connectivity index (χ0v) is 11.9. The van der Waals surface area contributed by atoms with Crippen LogP contribution in [0.4, 0.5) is 0 Å². The van der Waals surface area contributed by atoms with Gasteiger partial charge in [0.05, 0.1) is 17.5 Å². The van der Waals surface area contributed by atoms with Crippen LogP contribution in [0.3, 0.4) is 0 Å². The van der Waals surface area contributed by atoms with Crippen LogP contribution in [0.15, 0.2) is 12.1 Å². The fourth-order valence-corrected chi connectivity index (χ4v) is 3.13. The third-order valence-electron chi connectivity index (χ3n) is 4.16. The van der Waals surface area contributed by atoms with Gasteiger partial charge in [0, 0.05) is 13.0 Å². The fraction of sp³-hybridized carbons (Fsp3) is 0.500. The van der Waals surface area contributed by atoms with Crippen molar-refractivity contribution in [2.45, 2.75) is 52.0 Å². The van der Waals surface area contributed by atoms with Crippen molar-refractivity contribution in [1.82, 2.24) is 9.55 Å². The van der Waals surface area contributed by atoms with Crippen molar-refractivity contribution in [2.75, 3.05) is 0 Å². The molecule has 0 amide bonds. The standard InChI is InChI=1S/C16H20N2O2/c1-2-15-17-13-9-11-5-3-4-6-12(11)10-14(13)18(15)8-7-16(19)20/h9-10H,2-8H2,1H3,(H,19,20). The lowest BCUT2D eigenvalue weighted by Crippen LogP contribution is -2.08. The highest BCUT2D eigenvalue weighted by Crippen LogP contribution is 2.27. The van der Waals surface area contributed by atoms with E-state index < -0.39 is 5.97 Å². The smallest absolute Gasteiger partial charge is 0.305 e. The van der Waals surface area contributed by atoms with Crippen molar-refractivity contribution in [1.29, 1.82) is 0 Å². The summed E-state index contributed by atoms with van der Waals surface area (Å²) in [5.74, 6) is 0.232. The summed E-state index contributed by atoms with van der Waals surface area (Å²) < 4.78 is 2.08. The van der Waals surface area contributed by atoms with E-state index in [1.165, 1.54) is 24.0 Å². The highest BCUT2D eigenvalue weighted by atomic mass is 16.4. The van der Waals surface area contributed by atoms with Crippen LogP contribution in [0.5, 0.6) is 0 Å². The quantitative estimate of drug-likeness (QED) is 0.931. The van der Waals surface area contributed by atoms with E-state index in [1.54, 1.807) is 0 Å². The minimum atomic E-state index is -0.758. The summed E-state index contributed by atoms with van der Waals surface area (Å²) in [6.07, 6.45) is 5.78. The Morgan fingerprint density at radius 3 is 2.65 bits per heavy atom. The second kappa shape index (κ2) is 5.27. The fourth-order valence-electron chi connectivity index (χ4n) is 3.13. The Morgan fingerprint density at radius 1 is 1.30 bits per heavy atom. The summed E-state index contributed by atoms with van der Waals surface area (Å²) in [6.45, 7) is 2.58. The maximum Gasteiger partial charge on any atom is 0.305 e. The first kappa shape index (κ1) is 13.2. The summed E-state index contributed by atoms with van der Waals surface area (Å²) in [5, 5.41) is 8.91. The number of aliphatic carboxylic acids is 1. The van der Waals surface area contributed by atoms with Crippen molar-refractivity contribution in [2.24, 2.45) is 0 Å². The van der Waals surface area contributed by atoms with E-state index in [1.807, 2.05) is 0 Å². The molecule has 3 rings (SSSR count). The van der Waals surface area contributed by atoms with E-state index >= 15 is 0 Å². The van der Waals surface area contributed by atoms with Crippen LogP contribution < -0.4 is 0 Å². The summed E-state index contributed by atoms with van der Waals surface area (Å²) >= 11 is 0. The number of carboxylic acid groups (broad SMARTS) is 1. The number of carboxylic acids is 1. The second-order valence-electron chi connectivity index (χ2n) is 5.49. The van der Waals surface area contributed by atoms with E-state index in [2.05, 4.69) is 28.6 Å². The number of aryl methyl sites for hydroxylation is 4. The molecule has 0 unspecified atom stereocenters. The Hall–Kier alpha value is -1.84. The molecule has 0 saturated heterocycles. The molecule has 0 radical (unpaired) electrons. The average molecular weight is 272 g/mol. The molecule has 0 aliphatic heterocycles. The van der Waals surface area contributed by atoms with Crippen molar-refractivity contribution in [3.8, 4) is 0 Å². The third-order valence-corrected chi connectivity index (χ3v) is 4.16. The minimum absolute atomic E-state index is 0.148. The van der Waals surface area contributed by atoms with Crippen LogP contribution >= 0.6 is 0 Å². The number of nitrogens with zero attached hydrogens (tertiary/aromatic N) is 2. The molecule has 2 aromatic rings. The van der Waals surface area contributed by atoms with Crippen LogP contribution in [0.25, 0.3) is 11.0 Å². The van der Waals surface area contributed by atoms with Crippen LogP contribution in [0, 0.1) is 0 Å². The molecular formula is C16H20N2O2. The lowest BCUT2D eigenvalue weighted by atomic mass is 9.91. The molecule has 106 valence electrons. The number of rotatable bonds is 4. The van der Waals surface area contributed by atoms with Crippen molar-refractivity contribution in [3.05, 3.63) is 29.1 Å². The molecule has 0 spiro atoms. The number of aromatic nitrogens is 2. The summed E-state index contributed by atoms with van der Waals surface area (Å²) in [4.78, 5) is 15.5. The van der Waals surface area contributed by atoms with Gasteiger partial charge in [-0.15, -0.1) is 0 Å². The number of fused-ring (bicyclic) bond motifs is 2. The highest BCUT2D eigenvalue weighted by molar-refractivity contribution is 5.78. The van der Waals surface area contributed by atoms with Gasteiger partial charge in [-0.3, -0.25) is 4.79 Å². The topological polar surface area (TPSA) is 55.1 Å². The van der Waals surface area contributed by atoms with Gasteiger partial charge in [-0.2, -0.15) is 0 Å². The number of hydrogen-bond donors (Lipinski definition) is 1. The Bertz CT molecular complexity index is 658. The molecule has 1 aliphatic carbocycles. The van der Waals surface area contributed by atoms with Crippen LogP contribution in [-0.4, -0.2) is 20.6 Å². The predicted molar refractivity (Wildman–Crippen MR) is 78.0 cm³/mol. The Labute approximate surface area is 118 Å². The molecule has 20 heavy (non-hydrogen) atoms. The number of carbonyl (C=O) groups is 1. The maximum absolute atomic E-state index is 10.8. The summed E-state index contributed by atoms with van der Waals surface area (Å²) in [6, 6.07) is 4.44. The van der Waals surface area contributed by atoms with Gasteiger partial charge in [-0.1, -0.05) is 6.92 Å². The van der Waals surface area contributed by atoms with Crippen molar-refractivity contribution >= 4 is 17.0 Å². The van der Waals surface area contributed by atoms with Crippen molar-refractivity contribution < 1.29 is 9.90 Å². The molecular weight excluding hydrogens is 252 g/mol. The van der Waals surface area contributed by atoms with Crippen molar-refractivity contribution in [3.63, 3.8) is 0 Å². The zero-order chi connectivity index (χ0) is 14.1. The first-order chi connectivity index (χ1) is 9.69. The zero-order valence-electron chi connectivity index (χ0n) is 11.9. The first-order valence-electron chi connectivity index (χ1n) is 7.41. The van der Waals surface area contributed by atoms with E-state index in [-0.39, 0.29) is 6.42 Å². The number of hydrogen-bond acceptors (Lipinski definition) is 2. The second-order valence-corrected chi connectivity index (χ2v) is 5.49. The maximum atomic E-state index is 10.8. The average Bonchev–Trinajstić information content (AvgIpc) is 2.79. The summed E-state index contributed by atoms with van der Waals surface area (Å²) in [7, 11) is 0. The molecule has 1 N–H and O–H groups in total. The first-order valence-corrected chi connectivity index (χ1v) is 7.41. The van der Waals surface area contributed by atoms with Gasteiger partial charge in [0.15, 0.2) is 0 Å². The van der Waals surface area contributed by atoms with Crippen LogP contribution in [0.1, 0.15) is 43.1 Å². The third kappa shape index (κ3) is 2.30. The Balaban J connectivity index is 2.08. The Kier molecular flexibility index (Phi) is 3.47. The van der Waals surface area contributed by atoms with Gasteiger partial charge in [0.1, 0.15) is 5.82 Å². The SMILES string of the molecule is CCc1nc2cc3c(cc2n1CCC(=O)O)CCCC3. The molecule has 1 heterocycles. The molecule has 0 bridgehead atoms. The van der Waals surface area contributed by atoms with Gasteiger partial charge >= 0.3 is 5.97 Å². The molecule has 0 saturated carbocycles. The van der Waals surface area contributed by atoms with Gasteiger partial charge < -0.3 is 9.67 Å². The molecule has 1 aromatic carbocycles. The van der Waals surface area contributed by atoms with Gasteiger partial charge in [-0.25, -0.2) is 4.98 Å². The molecule has 4 heteroatoms. The predicted octanol–water partition coefficient (Wildman–Crippen LogP) is 2.95. The van der Waals surface area contributed by atoms with E-state index in [0.717, 1.165) is 36.1 Å². The van der Waals surface area contributed by atoms with E-state index in [0.29, 0.717) is 6.54 Å². The lowest BCUT2D eigenvalue weighted by Gasteiger charge is -2.16. The molecule has 1 aliphatic rings. The Morgan fingerprint density at radius 2 is 2.00 bits per heavy atom.